The van der Waals surface area contributed by atoms with Crippen LogP contribution < -0.4 is 9.47 Å². The van der Waals surface area contributed by atoms with E-state index in [4.69, 9.17) is 14.2 Å². The molecule has 0 spiro atoms. The second kappa shape index (κ2) is 10.5. The average Bonchev–Trinajstić information content (AvgIpc) is 2.82. The number of carbonyl (C=O) groups is 1. The third-order valence-electron chi connectivity index (χ3n) is 6.06. The number of nitrogens with zero attached hydrogens (tertiary/aromatic N) is 3. The van der Waals surface area contributed by atoms with Crippen molar-refractivity contribution in [2.45, 2.75) is 52.9 Å². The van der Waals surface area contributed by atoms with Gasteiger partial charge in [-0.2, -0.15) is 0 Å². The van der Waals surface area contributed by atoms with E-state index < -0.39 is 5.41 Å². The van der Waals surface area contributed by atoms with Gasteiger partial charge in [-0.05, 0) is 46.2 Å². The maximum absolute atomic E-state index is 12.2. The molecule has 2 heterocycles. The molecule has 7 heteroatoms. The van der Waals surface area contributed by atoms with Crippen molar-refractivity contribution in [2.24, 2.45) is 10.4 Å². The van der Waals surface area contributed by atoms with Gasteiger partial charge in [-0.25, -0.2) is 4.99 Å². The van der Waals surface area contributed by atoms with Crippen LogP contribution in [0.1, 0.15) is 44.7 Å². The van der Waals surface area contributed by atoms with Crippen molar-refractivity contribution in [3.05, 3.63) is 53.6 Å². The normalized spacial score (nSPS) is 16.8. The van der Waals surface area contributed by atoms with Gasteiger partial charge in [-0.3, -0.25) is 4.79 Å². The van der Waals surface area contributed by atoms with Crippen molar-refractivity contribution in [1.82, 2.24) is 9.80 Å². The fourth-order valence-electron chi connectivity index (χ4n) is 3.92. The summed E-state index contributed by atoms with van der Waals surface area (Å²) in [5, 5.41) is 0. The molecule has 0 atom stereocenters. The number of benzene rings is 2. The molecule has 4 rings (SSSR count). The van der Waals surface area contributed by atoms with Gasteiger partial charge in [0, 0.05) is 30.8 Å². The lowest BCUT2D eigenvalue weighted by Gasteiger charge is -2.32. The molecule has 0 N–H and O–H groups in total. The molecule has 1 saturated heterocycles. The number of hydrogen-bond donors (Lipinski definition) is 0. The Bertz CT molecular complexity index is 1010. The monoisotopic (exact) mass is 465 g/mol. The van der Waals surface area contributed by atoms with E-state index >= 15 is 0 Å². The minimum absolute atomic E-state index is 0.152. The highest BCUT2D eigenvalue weighted by molar-refractivity contribution is 5.76. The number of fused-ring (bicyclic) bond motifs is 1. The van der Waals surface area contributed by atoms with Crippen LogP contribution in [0.5, 0.6) is 11.5 Å². The quantitative estimate of drug-likeness (QED) is 0.550. The van der Waals surface area contributed by atoms with Crippen molar-refractivity contribution in [3.8, 4) is 11.5 Å². The van der Waals surface area contributed by atoms with E-state index in [1.807, 2.05) is 68.1 Å². The predicted molar refractivity (Wildman–Crippen MR) is 132 cm³/mol. The lowest BCUT2D eigenvalue weighted by Crippen LogP contribution is -2.36. The van der Waals surface area contributed by atoms with Crippen LogP contribution in [0.3, 0.4) is 0 Å². The summed E-state index contributed by atoms with van der Waals surface area (Å²) in [4.78, 5) is 21.1. The standard InChI is InChI=1S/C27H35N3O4/c1-27(2,3)26(31)33-19-30-16-23-24(28-18-30)14-22(32-17-20-8-6-5-7-9-20)15-25(23)34-21-10-12-29(4)13-11-21/h5-9,14-15,18,21H,10-13,16-17,19H2,1-4H3. The number of esters is 1. The molecule has 7 nitrogen and oxygen atoms in total. The average molecular weight is 466 g/mol. The predicted octanol–water partition coefficient (Wildman–Crippen LogP) is 4.76. The zero-order chi connectivity index (χ0) is 24.1. The van der Waals surface area contributed by atoms with Crippen LogP contribution in [0.15, 0.2) is 47.5 Å². The first-order valence-corrected chi connectivity index (χ1v) is 11.9. The molecule has 1 fully saturated rings. The molecule has 2 aliphatic rings. The number of ether oxygens (including phenoxy) is 3. The van der Waals surface area contributed by atoms with Crippen molar-refractivity contribution in [3.63, 3.8) is 0 Å². The summed E-state index contributed by atoms with van der Waals surface area (Å²) in [6, 6.07) is 14.0. The van der Waals surface area contributed by atoms with Crippen LogP contribution in [-0.2, 0) is 22.7 Å². The van der Waals surface area contributed by atoms with Crippen molar-refractivity contribution >= 4 is 18.0 Å². The molecular weight excluding hydrogens is 430 g/mol. The van der Waals surface area contributed by atoms with E-state index in [9.17, 15) is 4.79 Å². The van der Waals surface area contributed by atoms with Crippen LogP contribution >= 0.6 is 0 Å². The molecule has 2 aliphatic heterocycles. The zero-order valence-corrected chi connectivity index (χ0v) is 20.6. The Balaban J connectivity index is 1.51. The Labute approximate surface area is 202 Å². The molecule has 2 aromatic rings. The van der Waals surface area contributed by atoms with Crippen molar-refractivity contribution < 1.29 is 19.0 Å². The first kappa shape index (κ1) is 24.1. The summed E-state index contributed by atoms with van der Waals surface area (Å²) in [5.41, 5.74) is 2.37. The molecule has 0 saturated carbocycles. The zero-order valence-electron chi connectivity index (χ0n) is 20.6. The number of aliphatic imine (C=N–C) groups is 1. The smallest absolute Gasteiger partial charge is 0.312 e. The van der Waals surface area contributed by atoms with Gasteiger partial charge in [0.1, 0.15) is 24.2 Å². The maximum atomic E-state index is 12.2. The lowest BCUT2D eigenvalue weighted by molar-refractivity contribution is -0.156. The molecular formula is C27H35N3O4. The van der Waals surface area contributed by atoms with Gasteiger partial charge in [-0.15, -0.1) is 0 Å². The molecule has 34 heavy (non-hydrogen) atoms. The number of hydrogen-bond acceptors (Lipinski definition) is 7. The fourth-order valence-corrected chi connectivity index (χ4v) is 3.92. The summed E-state index contributed by atoms with van der Waals surface area (Å²) >= 11 is 0. The minimum Gasteiger partial charge on any atom is -0.490 e. The number of carbonyl (C=O) groups excluding carboxylic acids is 1. The highest BCUT2D eigenvalue weighted by Gasteiger charge is 2.26. The first-order valence-electron chi connectivity index (χ1n) is 11.9. The summed E-state index contributed by atoms with van der Waals surface area (Å²) in [6.07, 6.45) is 3.84. The lowest BCUT2D eigenvalue weighted by atomic mass is 9.98. The van der Waals surface area contributed by atoms with Crippen LogP contribution in [0.25, 0.3) is 0 Å². The van der Waals surface area contributed by atoms with Crippen LogP contribution in [0.2, 0.25) is 0 Å². The summed E-state index contributed by atoms with van der Waals surface area (Å²) in [6.45, 7) is 8.76. The Morgan fingerprint density at radius 2 is 1.85 bits per heavy atom. The molecule has 0 aromatic heterocycles. The fraction of sp³-hybridized carbons (Fsp3) is 0.481. The van der Waals surface area contributed by atoms with E-state index in [1.54, 1.807) is 6.34 Å². The van der Waals surface area contributed by atoms with E-state index in [0.717, 1.165) is 54.2 Å². The molecule has 0 bridgehead atoms. The first-order chi connectivity index (χ1) is 16.3. The van der Waals surface area contributed by atoms with Gasteiger partial charge in [0.25, 0.3) is 0 Å². The van der Waals surface area contributed by atoms with E-state index in [2.05, 4.69) is 16.9 Å². The van der Waals surface area contributed by atoms with E-state index in [-0.39, 0.29) is 18.8 Å². The van der Waals surface area contributed by atoms with Gasteiger partial charge in [0.2, 0.25) is 0 Å². The van der Waals surface area contributed by atoms with Gasteiger partial charge < -0.3 is 24.0 Å². The molecule has 2 aromatic carbocycles. The molecule has 0 aliphatic carbocycles. The van der Waals surface area contributed by atoms with Crippen LogP contribution in [-0.4, -0.2) is 55.1 Å². The number of likely N-dealkylation sites (tertiary alicyclic amines) is 1. The summed E-state index contributed by atoms with van der Waals surface area (Å²) < 4.78 is 18.1. The molecule has 182 valence electrons. The van der Waals surface area contributed by atoms with Gasteiger partial charge >= 0.3 is 5.97 Å². The SMILES string of the molecule is CN1CCC(Oc2cc(OCc3ccccc3)cc3c2CN(COC(=O)C(C)(C)C)C=N3)CC1. The number of piperidine rings is 1. The molecule has 0 radical (unpaired) electrons. The summed E-state index contributed by atoms with van der Waals surface area (Å²) in [5.74, 6) is 1.29. The second-order valence-electron chi connectivity index (χ2n) is 10.1. The highest BCUT2D eigenvalue weighted by Crippen LogP contribution is 2.38. The molecule has 0 amide bonds. The third kappa shape index (κ3) is 6.29. The second-order valence-corrected chi connectivity index (χ2v) is 10.1. The van der Waals surface area contributed by atoms with E-state index in [1.165, 1.54) is 0 Å². The maximum Gasteiger partial charge on any atom is 0.312 e. The Hall–Kier alpha value is -3.06. The van der Waals surface area contributed by atoms with Crippen molar-refractivity contribution in [1.29, 1.82) is 0 Å². The Kier molecular flexibility index (Phi) is 7.41. The summed E-state index contributed by atoms with van der Waals surface area (Å²) in [7, 11) is 2.14. The third-order valence-corrected chi connectivity index (χ3v) is 6.06. The van der Waals surface area contributed by atoms with Crippen LogP contribution in [0.4, 0.5) is 5.69 Å². The van der Waals surface area contributed by atoms with Crippen molar-refractivity contribution in [2.75, 3.05) is 26.9 Å². The van der Waals surface area contributed by atoms with Gasteiger partial charge in [-0.1, -0.05) is 30.3 Å². The largest absolute Gasteiger partial charge is 0.490 e. The minimum atomic E-state index is -0.543. The Morgan fingerprint density at radius 1 is 1.12 bits per heavy atom. The number of rotatable bonds is 7. The molecule has 0 unspecified atom stereocenters. The van der Waals surface area contributed by atoms with E-state index in [0.29, 0.717) is 13.2 Å². The van der Waals surface area contributed by atoms with Crippen LogP contribution in [0, 0.1) is 5.41 Å². The highest BCUT2D eigenvalue weighted by atomic mass is 16.5. The van der Waals surface area contributed by atoms with Gasteiger partial charge in [0.05, 0.1) is 24.0 Å². The topological polar surface area (TPSA) is 63.6 Å². The Morgan fingerprint density at radius 3 is 2.56 bits per heavy atom. The van der Waals surface area contributed by atoms with Gasteiger partial charge in [0.15, 0.2) is 6.73 Å².